The van der Waals surface area contributed by atoms with Crippen molar-refractivity contribution in [3.63, 3.8) is 0 Å². The van der Waals surface area contributed by atoms with E-state index in [1.807, 2.05) is 12.1 Å². The van der Waals surface area contributed by atoms with E-state index < -0.39 is 11.9 Å². The van der Waals surface area contributed by atoms with Gasteiger partial charge >= 0.3 is 29.6 Å². The molecule has 3 atom stereocenters. The van der Waals surface area contributed by atoms with Gasteiger partial charge in [-0.25, -0.2) is 4.98 Å². The van der Waals surface area contributed by atoms with Gasteiger partial charge in [0.15, 0.2) is 0 Å². The number of fused-ring (bicyclic) bond motifs is 1. The van der Waals surface area contributed by atoms with Crippen LogP contribution in [0, 0.1) is 11.8 Å². The van der Waals surface area contributed by atoms with Crippen molar-refractivity contribution < 1.29 is 48.9 Å². The number of rotatable bonds is 11. The number of carbonyl (C=O) groups excluding carboxylic acids is 1. The van der Waals surface area contributed by atoms with E-state index in [0.717, 1.165) is 61.2 Å². The molecule has 2 aliphatic rings. The molecule has 0 N–H and O–H groups in total. The average molecular weight is 565 g/mol. The van der Waals surface area contributed by atoms with Crippen molar-refractivity contribution in [1.82, 2.24) is 9.88 Å². The van der Waals surface area contributed by atoms with Gasteiger partial charge in [0.2, 0.25) is 5.88 Å². The number of nitrogens with zero attached hydrogens (tertiary/aromatic N) is 2. The van der Waals surface area contributed by atoms with Gasteiger partial charge < -0.3 is 19.4 Å². The number of pyridine rings is 1. The molecule has 7 heteroatoms. The van der Waals surface area contributed by atoms with E-state index in [1.54, 1.807) is 20.2 Å². The summed E-state index contributed by atoms with van der Waals surface area (Å²) in [5, 5.41) is 11.8. The molecule has 0 saturated heterocycles. The summed E-state index contributed by atoms with van der Waals surface area (Å²) in [4.78, 5) is 18.5. The Labute approximate surface area is 266 Å². The molecule has 1 fully saturated rings. The number of methoxy groups -OCH3 is 1. The van der Waals surface area contributed by atoms with E-state index in [1.165, 1.54) is 16.7 Å². The molecule has 0 spiro atoms. The molecular formula is C34H41N2NaO4. The first-order chi connectivity index (χ1) is 19.3. The number of aliphatic carboxylic acids is 1. The number of aryl methyl sites for hydroxylation is 1. The molecule has 5 rings (SSSR count). The van der Waals surface area contributed by atoms with Crippen LogP contribution >= 0.6 is 0 Å². The van der Waals surface area contributed by atoms with Gasteiger partial charge in [-0.05, 0) is 103 Å². The van der Waals surface area contributed by atoms with Crippen LogP contribution in [0.1, 0.15) is 81.2 Å². The maximum Gasteiger partial charge on any atom is 1.00 e. The summed E-state index contributed by atoms with van der Waals surface area (Å²) in [6.45, 7) is 10.2. The van der Waals surface area contributed by atoms with Crippen LogP contribution in [-0.4, -0.2) is 35.5 Å². The van der Waals surface area contributed by atoms with Crippen LogP contribution in [-0.2, 0) is 17.8 Å². The maximum absolute atomic E-state index is 11.8. The fourth-order valence-corrected chi connectivity index (χ4v) is 6.19. The summed E-state index contributed by atoms with van der Waals surface area (Å²) >= 11 is 0. The van der Waals surface area contributed by atoms with Crippen LogP contribution in [0.5, 0.6) is 11.6 Å². The molecule has 41 heavy (non-hydrogen) atoms. The normalized spacial score (nSPS) is 17.8. The van der Waals surface area contributed by atoms with Crippen molar-refractivity contribution in [3.05, 3.63) is 77.0 Å². The van der Waals surface area contributed by atoms with Crippen molar-refractivity contribution in [2.24, 2.45) is 11.8 Å². The van der Waals surface area contributed by atoms with E-state index in [9.17, 15) is 9.90 Å². The Hall–Kier alpha value is -2.38. The zero-order chi connectivity index (χ0) is 28.4. The number of benzene rings is 2. The number of hydrogen-bond donors (Lipinski definition) is 0. The summed E-state index contributed by atoms with van der Waals surface area (Å²) < 4.78 is 12.1. The van der Waals surface area contributed by atoms with Gasteiger partial charge in [-0.15, -0.1) is 0 Å². The summed E-state index contributed by atoms with van der Waals surface area (Å²) in [6, 6.07) is 17.5. The third kappa shape index (κ3) is 7.16. The molecule has 1 aliphatic heterocycles. The summed E-state index contributed by atoms with van der Waals surface area (Å²) in [5.41, 5.74) is 6.91. The average Bonchev–Trinajstić information content (AvgIpc) is 3.80. The Kier molecular flexibility index (Phi) is 10.6. The predicted octanol–water partition coefficient (Wildman–Crippen LogP) is 2.94. The standard InChI is InChI=1S/C34H42N2O4.Na/c1-6-36(21(2)3)20-28-17-26(11-13-29(28)25-15-16-35-32(19-25)39-5)30-14-12-23-7-10-27(18-31(23)40-30)33(24-8-9-24)22(4)34(37)38;/h7,10-11,13,15-19,21-22,24,30,33H,6,8-9,12,14,20H2,1-5H3,(H,37,38);/q;+1/p-1/t22-,30?,33-;/m0./s1. The minimum atomic E-state index is -0.977. The quantitative estimate of drug-likeness (QED) is 0.334. The molecule has 0 amide bonds. The zero-order valence-corrected chi connectivity index (χ0v) is 27.4. The molecule has 2 heterocycles. The fraction of sp³-hybridized carbons (Fsp3) is 0.471. The Morgan fingerprint density at radius 1 is 1.10 bits per heavy atom. The van der Waals surface area contributed by atoms with E-state index in [0.29, 0.717) is 17.8 Å². The van der Waals surface area contributed by atoms with Gasteiger partial charge in [-0.2, -0.15) is 0 Å². The molecule has 0 radical (unpaired) electrons. The molecule has 3 aromatic rings. The first-order valence-corrected chi connectivity index (χ1v) is 14.7. The monoisotopic (exact) mass is 564 g/mol. The molecule has 212 valence electrons. The predicted molar refractivity (Wildman–Crippen MR) is 155 cm³/mol. The summed E-state index contributed by atoms with van der Waals surface area (Å²) in [6.07, 6.45) is 5.71. The maximum atomic E-state index is 11.8. The third-order valence-corrected chi connectivity index (χ3v) is 8.73. The first-order valence-electron chi connectivity index (χ1n) is 14.7. The number of hydrogen-bond acceptors (Lipinski definition) is 6. The van der Waals surface area contributed by atoms with Gasteiger partial charge in [0, 0.05) is 36.7 Å². The molecule has 2 aromatic carbocycles. The molecule has 1 aliphatic carbocycles. The van der Waals surface area contributed by atoms with E-state index in [2.05, 4.69) is 67.1 Å². The number of ether oxygens (including phenoxy) is 2. The number of aromatic nitrogens is 1. The van der Waals surface area contributed by atoms with Crippen molar-refractivity contribution in [3.8, 4) is 22.8 Å². The van der Waals surface area contributed by atoms with Crippen LogP contribution in [0.15, 0.2) is 54.7 Å². The third-order valence-electron chi connectivity index (χ3n) is 8.73. The van der Waals surface area contributed by atoms with Crippen LogP contribution in [0.25, 0.3) is 11.1 Å². The minimum Gasteiger partial charge on any atom is -0.550 e. The zero-order valence-electron chi connectivity index (χ0n) is 25.4. The van der Waals surface area contributed by atoms with Crippen molar-refractivity contribution in [2.75, 3.05) is 13.7 Å². The van der Waals surface area contributed by atoms with Gasteiger partial charge in [-0.1, -0.05) is 44.2 Å². The second kappa shape index (κ2) is 13.7. The van der Waals surface area contributed by atoms with Crippen molar-refractivity contribution in [2.45, 2.75) is 78.0 Å². The second-order valence-electron chi connectivity index (χ2n) is 11.6. The SMILES string of the molecule is CCN(Cc1cc(C2CCc3ccc([C@H](C4CC4)[C@H](C)C(=O)[O-])cc3O2)ccc1-c1ccnc(OC)c1)C(C)C.[Na+]. The fourth-order valence-electron chi connectivity index (χ4n) is 6.19. The molecule has 1 unspecified atom stereocenters. The van der Waals surface area contributed by atoms with Crippen LogP contribution in [0.3, 0.4) is 0 Å². The van der Waals surface area contributed by atoms with E-state index >= 15 is 0 Å². The van der Waals surface area contributed by atoms with Crippen LogP contribution in [0.4, 0.5) is 0 Å². The van der Waals surface area contributed by atoms with Gasteiger partial charge in [0.05, 0.1) is 7.11 Å². The first kappa shape index (κ1) is 31.6. The van der Waals surface area contributed by atoms with E-state index in [-0.39, 0.29) is 41.6 Å². The molecule has 0 bridgehead atoms. The Morgan fingerprint density at radius 3 is 2.54 bits per heavy atom. The number of carboxylic acids is 1. The van der Waals surface area contributed by atoms with Gasteiger partial charge in [0.25, 0.3) is 0 Å². The van der Waals surface area contributed by atoms with E-state index in [4.69, 9.17) is 9.47 Å². The topological polar surface area (TPSA) is 74.7 Å². The minimum absolute atomic E-state index is 0. The van der Waals surface area contributed by atoms with Crippen LogP contribution < -0.4 is 44.1 Å². The molecule has 1 saturated carbocycles. The van der Waals surface area contributed by atoms with Crippen molar-refractivity contribution in [1.29, 1.82) is 0 Å². The summed E-state index contributed by atoms with van der Waals surface area (Å²) in [5.74, 6) is 0.369. The largest absolute Gasteiger partial charge is 1.00 e. The number of carboxylic acid groups (broad SMARTS) is 1. The van der Waals surface area contributed by atoms with Crippen molar-refractivity contribution >= 4 is 5.97 Å². The number of carbonyl (C=O) groups is 1. The molecule has 6 nitrogen and oxygen atoms in total. The second-order valence-corrected chi connectivity index (χ2v) is 11.6. The smallest absolute Gasteiger partial charge is 0.550 e. The molecular weight excluding hydrogens is 523 g/mol. The molecule has 1 aromatic heterocycles. The Balaban J connectivity index is 0.00000387. The summed E-state index contributed by atoms with van der Waals surface area (Å²) in [7, 11) is 1.64. The Bertz CT molecular complexity index is 1360. The Morgan fingerprint density at radius 2 is 1.88 bits per heavy atom. The van der Waals surface area contributed by atoms with Gasteiger partial charge in [-0.3, -0.25) is 4.90 Å². The van der Waals surface area contributed by atoms with Crippen LogP contribution in [0.2, 0.25) is 0 Å². The van der Waals surface area contributed by atoms with Gasteiger partial charge in [0.1, 0.15) is 11.9 Å².